The van der Waals surface area contributed by atoms with Crippen molar-refractivity contribution in [2.45, 2.75) is 0 Å². The molecule has 0 aliphatic rings. The third-order valence-electron chi connectivity index (χ3n) is 1.83. The van der Waals surface area contributed by atoms with Crippen LogP contribution in [-0.2, 0) is 0 Å². The molecule has 0 unspecified atom stereocenters. The van der Waals surface area contributed by atoms with Gasteiger partial charge in [0, 0.05) is 11.3 Å². The first-order chi connectivity index (χ1) is 6.27. The fraction of sp³-hybridized carbons (Fsp3) is 0. The minimum atomic E-state index is -0.265. The Kier molecular flexibility index (Phi) is 2.02. The molecule has 2 N–H and O–H groups in total. The minimum absolute atomic E-state index is 0.265. The number of hydrogen-bond donors (Lipinski definition) is 1. The van der Waals surface area contributed by atoms with Crippen LogP contribution < -0.4 is 5.73 Å². The molecular formula is C10H8FNS. The van der Waals surface area contributed by atoms with Crippen LogP contribution in [0.2, 0.25) is 0 Å². The molecule has 1 heterocycles. The van der Waals surface area contributed by atoms with Crippen molar-refractivity contribution in [2.24, 2.45) is 0 Å². The summed E-state index contributed by atoms with van der Waals surface area (Å²) in [6, 6.07) is 6.63. The zero-order valence-electron chi connectivity index (χ0n) is 6.83. The molecule has 0 aliphatic carbocycles. The number of hydrogen-bond acceptors (Lipinski definition) is 2. The lowest BCUT2D eigenvalue weighted by Gasteiger charge is -2.00. The number of halogens is 1. The molecule has 0 atom stereocenters. The maximum Gasteiger partial charge on any atom is 0.133 e. The van der Waals surface area contributed by atoms with E-state index < -0.39 is 0 Å². The summed E-state index contributed by atoms with van der Waals surface area (Å²) >= 11 is 1.55. The van der Waals surface area contributed by atoms with Gasteiger partial charge < -0.3 is 5.73 Å². The van der Waals surface area contributed by atoms with Gasteiger partial charge in [0.1, 0.15) is 5.82 Å². The summed E-state index contributed by atoms with van der Waals surface area (Å²) in [5.41, 5.74) is 7.41. The Morgan fingerprint density at radius 3 is 2.69 bits per heavy atom. The Morgan fingerprint density at radius 1 is 1.23 bits per heavy atom. The van der Waals surface area contributed by atoms with Crippen LogP contribution in [-0.4, -0.2) is 0 Å². The van der Waals surface area contributed by atoms with Gasteiger partial charge in [0.15, 0.2) is 0 Å². The van der Waals surface area contributed by atoms with Crippen molar-refractivity contribution in [3.8, 4) is 11.1 Å². The molecule has 0 radical (unpaired) electrons. The third-order valence-corrected chi connectivity index (χ3v) is 2.51. The number of benzene rings is 1. The van der Waals surface area contributed by atoms with Crippen LogP contribution >= 0.6 is 11.3 Å². The Hall–Kier alpha value is -1.35. The molecule has 13 heavy (non-hydrogen) atoms. The summed E-state index contributed by atoms with van der Waals surface area (Å²) in [5, 5.41) is 3.83. The summed E-state index contributed by atoms with van der Waals surface area (Å²) in [6.45, 7) is 0. The number of nitrogens with two attached hydrogens (primary N) is 1. The van der Waals surface area contributed by atoms with Crippen LogP contribution in [0, 0.1) is 5.82 Å². The van der Waals surface area contributed by atoms with E-state index in [1.807, 2.05) is 16.8 Å². The Balaban J connectivity index is 2.53. The van der Waals surface area contributed by atoms with Gasteiger partial charge in [-0.3, -0.25) is 0 Å². The van der Waals surface area contributed by atoms with Crippen LogP contribution in [0.15, 0.2) is 35.0 Å². The van der Waals surface area contributed by atoms with E-state index >= 15 is 0 Å². The lowest BCUT2D eigenvalue weighted by molar-refractivity contribution is 0.632. The highest BCUT2D eigenvalue weighted by molar-refractivity contribution is 7.08. The largest absolute Gasteiger partial charge is 0.399 e. The fourth-order valence-corrected chi connectivity index (χ4v) is 1.84. The average molecular weight is 193 g/mol. The molecular weight excluding hydrogens is 185 g/mol. The van der Waals surface area contributed by atoms with Crippen molar-refractivity contribution < 1.29 is 4.39 Å². The van der Waals surface area contributed by atoms with Crippen molar-refractivity contribution in [3.63, 3.8) is 0 Å². The Morgan fingerprint density at radius 2 is 2.08 bits per heavy atom. The van der Waals surface area contributed by atoms with Crippen LogP contribution in [0.25, 0.3) is 11.1 Å². The summed E-state index contributed by atoms with van der Waals surface area (Å²) in [7, 11) is 0. The van der Waals surface area contributed by atoms with Gasteiger partial charge in [-0.1, -0.05) is 0 Å². The van der Waals surface area contributed by atoms with E-state index in [4.69, 9.17) is 5.73 Å². The minimum Gasteiger partial charge on any atom is -0.399 e. The zero-order chi connectivity index (χ0) is 9.26. The van der Waals surface area contributed by atoms with E-state index in [0.29, 0.717) is 11.3 Å². The van der Waals surface area contributed by atoms with Crippen LogP contribution in [0.4, 0.5) is 10.1 Å². The summed E-state index contributed by atoms with van der Waals surface area (Å²) in [5.74, 6) is -0.265. The zero-order valence-corrected chi connectivity index (χ0v) is 7.64. The van der Waals surface area contributed by atoms with Gasteiger partial charge in [-0.25, -0.2) is 4.39 Å². The number of thiophene rings is 1. The van der Waals surface area contributed by atoms with Crippen molar-refractivity contribution in [1.82, 2.24) is 0 Å². The smallest absolute Gasteiger partial charge is 0.133 e. The monoisotopic (exact) mass is 193 g/mol. The fourth-order valence-electron chi connectivity index (χ4n) is 1.18. The molecule has 3 heteroatoms. The molecule has 1 aromatic carbocycles. The van der Waals surface area contributed by atoms with Crippen molar-refractivity contribution in [3.05, 3.63) is 40.8 Å². The van der Waals surface area contributed by atoms with Gasteiger partial charge in [0.05, 0.1) is 0 Å². The van der Waals surface area contributed by atoms with Crippen molar-refractivity contribution in [1.29, 1.82) is 0 Å². The predicted molar refractivity (Wildman–Crippen MR) is 54.1 cm³/mol. The Bertz CT molecular complexity index is 409. The molecule has 66 valence electrons. The maximum absolute atomic E-state index is 13.3. The second kappa shape index (κ2) is 3.18. The van der Waals surface area contributed by atoms with Crippen LogP contribution in [0.1, 0.15) is 0 Å². The SMILES string of the molecule is Nc1ccc(-c2ccsc2)c(F)c1. The molecule has 0 fully saturated rings. The maximum atomic E-state index is 13.3. The molecule has 0 saturated heterocycles. The van der Waals surface area contributed by atoms with Gasteiger partial charge in [0.2, 0.25) is 0 Å². The lowest BCUT2D eigenvalue weighted by atomic mass is 10.1. The standard InChI is InChI=1S/C10H8FNS/c11-10-5-8(12)1-2-9(10)7-3-4-13-6-7/h1-6H,12H2. The molecule has 0 aliphatic heterocycles. The quantitative estimate of drug-likeness (QED) is 0.692. The second-order valence-electron chi connectivity index (χ2n) is 2.75. The van der Waals surface area contributed by atoms with Crippen molar-refractivity contribution >= 4 is 17.0 Å². The van der Waals surface area contributed by atoms with E-state index in [9.17, 15) is 4.39 Å². The second-order valence-corrected chi connectivity index (χ2v) is 3.53. The summed E-state index contributed by atoms with van der Waals surface area (Å²) in [6.07, 6.45) is 0. The molecule has 0 amide bonds. The van der Waals surface area contributed by atoms with E-state index in [2.05, 4.69) is 0 Å². The highest BCUT2D eigenvalue weighted by Crippen LogP contribution is 2.25. The van der Waals surface area contributed by atoms with Crippen LogP contribution in [0.3, 0.4) is 0 Å². The van der Waals surface area contributed by atoms with Gasteiger partial charge in [-0.15, -0.1) is 0 Å². The summed E-state index contributed by atoms with van der Waals surface area (Å²) < 4.78 is 13.3. The van der Waals surface area contributed by atoms with Gasteiger partial charge in [-0.2, -0.15) is 11.3 Å². The van der Waals surface area contributed by atoms with E-state index in [1.54, 1.807) is 23.5 Å². The highest BCUT2D eigenvalue weighted by Gasteiger charge is 2.04. The normalized spacial score (nSPS) is 10.2. The summed E-state index contributed by atoms with van der Waals surface area (Å²) in [4.78, 5) is 0. The molecule has 1 aromatic heterocycles. The van der Waals surface area contributed by atoms with Gasteiger partial charge in [-0.05, 0) is 40.6 Å². The van der Waals surface area contributed by atoms with E-state index in [0.717, 1.165) is 5.56 Å². The van der Waals surface area contributed by atoms with E-state index in [1.165, 1.54) is 6.07 Å². The first-order valence-electron chi connectivity index (χ1n) is 3.85. The van der Waals surface area contributed by atoms with Crippen molar-refractivity contribution in [2.75, 3.05) is 5.73 Å². The van der Waals surface area contributed by atoms with Gasteiger partial charge in [0.25, 0.3) is 0 Å². The first-order valence-corrected chi connectivity index (χ1v) is 4.79. The van der Waals surface area contributed by atoms with Gasteiger partial charge >= 0.3 is 0 Å². The topological polar surface area (TPSA) is 26.0 Å². The highest BCUT2D eigenvalue weighted by atomic mass is 32.1. The number of anilines is 1. The predicted octanol–water partition coefficient (Wildman–Crippen LogP) is 3.14. The molecule has 1 nitrogen and oxygen atoms in total. The lowest BCUT2D eigenvalue weighted by Crippen LogP contribution is -1.88. The number of nitrogen functional groups attached to an aromatic ring is 1. The third kappa shape index (κ3) is 1.55. The Labute approximate surface area is 79.6 Å². The van der Waals surface area contributed by atoms with Crippen LogP contribution in [0.5, 0.6) is 0 Å². The molecule has 2 rings (SSSR count). The average Bonchev–Trinajstić information content (AvgIpc) is 2.56. The molecule has 0 spiro atoms. The molecule has 0 bridgehead atoms. The molecule has 0 saturated carbocycles. The number of rotatable bonds is 1. The first kappa shape index (κ1) is 8.26. The van der Waals surface area contributed by atoms with E-state index in [-0.39, 0.29) is 5.82 Å². The molecule has 2 aromatic rings.